The smallest absolute Gasteiger partial charge is 0.325 e. The molecule has 1 aromatic heterocycles. The Bertz CT molecular complexity index is 1120. The Labute approximate surface area is 174 Å². The number of para-hydroxylation sites is 2. The number of H-pyrrole nitrogens is 1. The summed E-state index contributed by atoms with van der Waals surface area (Å²) in [5, 5.41) is 6.54. The van der Waals surface area contributed by atoms with Crippen LogP contribution in [0.15, 0.2) is 54.7 Å². The second kappa shape index (κ2) is 8.02. The van der Waals surface area contributed by atoms with E-state index < -0.39 is 23.9 Å². The summed E-state index contributed by atoms with van der Waals surface area (Å²) < 4.78 is 0. The minimum Gasteiger partial charge on any atom is -0.361 e. The van der Waals surface area contributed by atoms with Gasteiger partial charge in [0.15, 0.2) is 0 Å². The van der Waals surface area contributed by atoms with Crippen LogP contribution < -0.4 is 10.6 Å². The highest BCUT2D eigenvalue weighted by Crippen LogP contribution is 2.24. The van der Waals surface area contributed by atoms with Crippen LogP contribution in [0.3, 0.4) is 0 Å². The third kappa shape index (κ3) is 3.78. The molecule has 2 heterocycles. The molecular formula is C23H24N4O3. The van der Waals surface area contributed by atoms with Gasteiger partial charge in [-0.3, -0.25) is 14.5 Å². The molecule has 1 atom stereocenters. The molecule has 0 radical (unpaired) electrons. The van der Waals surface area contributed by atoms with Crippen LogP contribution in [-0.2, 0) is 16.0 Å². The van der Waals surface area contributed by atoms with E-state index in [4.69, 9.17) is 0 Å². The average molecular weight is 404 g/mol. The van der Waals surface area contributed by atoms with Gasteiger partial charge in [0.2, 0.25) is 5.91 Å². The molecule has 0 spiro atoms. The number of hydrogen-bond acceptors (Lipinski definition) is 3. The Kier molecular flexibility index (Phi) is 5.27. The van der Waals surface area contributed by atoms with Crippen molar-refractivity contribution in [1.82, 2.24) is 15.2 Å². The van der Waals surface area contributed by atoms with Crippen LogP contribution in [0.2, 0.25) is 0 Å². The van der Waals surface area contributed by atoms with E-state index in [2.05, 4.69) is 15.6 Å². The summed E-state index contributed by atoms with van der Waals surface area (Å²) in [4.78, 5) is 41.8. The number of aromatic amines is 1. The lowest BCUT2D eigenvalue weighted by Crippen LogP contribution is -2.38. The molecule has 3 N–H and O–H groups in total. The van der Waals surface area contributed by atoms with E-state index in [1.807, 2.05) is 68.6 Å². The number of rotatable bonds is 6. The predicted molar refractivity (Wildman–Crippen MR) is 115 cm³/mol. The summed E-state index contributed by atoms with van der Waals surface area (Å²) in [6, 6.07) is 14.1. The highest BCUT2D eigenvalue weighted by Gasteiger charge is 2.39. The molecule has 1 aliphatic rings. The number of hydrogen-bond donors (Lipinski definition) is 3. The second-order valence-corrected chi connectivity index (χ2v) is 7.78. The van der Waals surface area contributed by atoms with Gasteiger partial charge in [0.1, 0.15) is 12.6 Å². The zero-order valence-electron chi connectivity index (χ0n) is 16.9. The fraction of sp³-hybridized carbons (Fsp3) is 0.261. The molecular weight excluding hydrogens is 380 g/mol. The second-order valence-electron chi connectivity index (χ2n) is 7.78. The highest BCUT2D eigenvalue weighted by atomic mass is 16.2. The van der Waals surface area contributed by atoms with Gasteiger partial charge in [0.05, 0.1) is 0 Å². The molecule has 4 amide bonds. The molecule has 154 valence electrons. The molecule has 2 aromatic carbocycles. The van der Waals surface area contributed by atoms with Gasteiger partial charge >= 0.3 is 6.03 Å². The number of fused-ring (bicyclic) bond motifs is 1. The van der Waals surface area contributed by atoms with Gasteiger partial charge in [-0.05, 0) is 29.2 Å². The van der Waals surface area contributed by atoms with E-state index in [9.17, 15) is 14.4 Å². The first-order valence-electron chi connectivity index (χ1n) is 9.99. The van der Waals surface area contributed by atoms with Crippen molar-refractivity contribution in [2.45, 2.75) is 32.2 Å². The number of urea groups is 1. The van der Waals surface area contributed by atoms with Crippen LogP contribution in [-0.4, -0.2) is 40.3 Å². The number of nitrogens with one attached hydrogen (secondary N) is 3. The molecule has 0 saturated carbocycles. The lowest BCUT2D eigenvalue weighted by atomic mass is 10.0. The van der Waals surface area contributed by atoms with Crippen LogP contribution in [0.4, 0.5) is 10.5 Å². The van der Waals surface area contributed by atoms with Gasteiger partial charge in [-0.2, -0.15) is 0 Å². The third-order valence-electron chi connectivity index (χ3n) is 5.36. The van der Waals surface area contributed by atoms with Crippen molar-refractivity contribution in [3.8, 4) is 0 Å². The number of aromatic nitrogens is 1. The molecule has 1 unspecified atom stereocenters. The number of anilines is 1. The van der Waals surface area contributed by atoms with E-state index in [0.29, 0.717) is 12.1 Å². The zero-order chi connectivity index (χ0) is 21.3. The number of imide groups is 1. The number of nitrogens with zero attached hydrogens (tertiary/aromatic N) is 1. The van der Waals surface area contributed by atoms with Crippen molar-refractivity contribution < 1.29 is 14.4 Å². The Hall–Kier alpha value is -3.61. The Morgan fingerprint density at radius 3 is 2.63 bits per heavy atom. The maximum Gasteiger partial charge on any atom is 0.325 e. The van der Waals surface area contributed by atoms with Crippen molar-refractivity contribution in [3.05, 3.63) is 65.9 Å². The summed E-state index contributed by atoms with van der Waals surface area (Å²) >= 11 is 0. The molecule has 1 saturated heterocycles. The molecule has 1 fully saturated rings. The van der Waals surface area contributed by atoms with E-state index in [-0.39, 0.29) is 12.5 Å². The summed E-state index contributed by atoms with van der Waals surface area (Å²) in [6.07, 6.45) is 2.21. The van der Waals surface area contributed by atoms with Crippen molar-refractivity contribution in [2.75, 3.05) is 11.9 Å². The highest BCUT2D eigenvalue weighted by molar-refractivity contribution is 6.08. The van der Waals surface area contributed by atoms with Crippen LogP contribution in [0.1, 0.15) is 30.9 Å². The Balaban J connectivity index is 1.44. The van der Waals surface area contributed by atoms with Gasteiger partial charge in [-0.25, -0.2) is 4.79 Å². The van der Waals surface area contributed by atoms with Crippen LogP contribution in [0.5, 0.6) is 0 Å². The summed E-state index contributed by atoms with van der Waals surface area (Å²) in [7, 11) is 0. The first-order valence-corrected chi connectivity index (χ1v) is 9.99. The first kappa shape index (κ1) is 19.7. The Morgan fingerprint density at radius 2 is 1.83 bits per heavy atom. The molecule has 1 aliphatic heterocycles. The maximum atomic E-state index is 12.8. The zero-order valence-corrected chi connectivity index (χ0v) is 16.9. The summed E-state index contributed by atoms with van der Waals surface area (Å²) in [5.41, 5.74) is 3.62. The standard InChI is InChI=1S/C23H24N4O3/c1-14(2)16-7-3-6-10-19(16)25-21(28)13-27-22(29)20(26-23(27)30)11-15-12-24-18-9-5-4-8-17(15)18/h3-10,12,14,20,24H,11,13H2,1-2H3,(H,25,28)(H,26,30). The van der Waals surface area contributed by atoms with Crippen molar-refractivity contribution in [2.24, 2.45) is 0 Å². The van der Waals surface area contributed by atoms with Crippen LogP contribution in [0, 0.1) is 0 Å². The summed E-state index contributed by atoms with van der Waals surface area (Å²) in [6.45, 7) is 3.76. The molecule has 30 heavy (non-hydrogen) atoms. The number of benzene rings is 2. The third-order valence-corrected chi connectivity index (χ3v) is 5.36. The van der Waals surface area contributed by atoms with Crippen molar-refractivity contribution in [1.29, 1.82) is 0 Å². The molecule has 3 aromatic rings. The molecule has 0 bridgehead atoms. The minimum absolute atomic E-state index is 0.235. The monoisotopic (exact) mass is 404 g/mol. The maximum absolute atomic E-state index is 12.8. The quantitative estimate of drug-likeness (QED) is 0.550. The van der Waals surface area contributed by atoms with E-state index >= 15 is 0 Å². The molecule has 0 aliphatic carbocycles. The van der Waals surface area contributed by atoms with Gasteiger partial charge in [-0.1, -0.05) is 50.2 Å². The normalized spacial score (nSPS) is 16.4. The van der Waals surface area contributed by atoms with Gasteiger partial charge < -0.3 is 15.6 Å². The first-order chi connectivity index (χ1) is 14.4. The number of amides is 4. The number of carbonyl (C=O) groups excluding carboxylic acids is 3. The molecule has 7 nitrogen and oxygen atoms in total. The van der Waals surface area contributed by atoms with Crippen molar-refractivity contribution in [3.63, 3.8) is 0 Å². The van der Waals surface area contributed by atoms with Crippen LogP contribution in [0.25, 0.3) is 10.9 Å². The van der Waals surface area contributed by atoms with Gasteiger partial charge in [0.25, 0.3) is 5.91 Å². The summed E-state index contributed by atoms with van der Waals surface area (Å²) in [5.74, 6) is -0.560. The van der Waals surface area contributed by atoms with Gasteiger partial charge in [0, 0.05) is 29.2 Å². The fourth-order valence-corrected chi connectivity index (χ4v) is 3.83. The lowest BCUT2D eigenvalue weighted by molar-refractivity contribution is -0.130. The topological polar surface area (TPSA) is 94.3 Å². The van der Waals surface area contributed by atoms with E-state index in [1.54, 1.807) is 0 Å². The van der Waals surface area contributed by atoms with E-state index in [0.717, 1.165) is 26.9 Å². The fourth-order valence-electron chi connectivity index (χ4n) is 3.83. The Morgan fingerprint density at radius 1 is 1.10 bits per heavy atom. The van der Waals surface area contributed by atoms with Crippen LogP contribution >= 0.6 is 0 Å². The SMILES string of the molecule is CC(C)c1ccccc1NC(=O)CN1C(=O)NC(Cc2c[nH]c3ccccc23)C1=O. The van der Waals surface area contributed by atoms with Crippen molar-refractivity contribution >= 4 is 34.4 Å². The molecule has 4 rings (SSSR count). The minimum atomic E-state index is -0.688. The number of carbonyl (C=O) groups is 3. The largest absolute Gasteiger partial charge is 0.361 e. The average Bonchev–Trinajstić information content (AvgIpc) is 3.25. The van der Waals surface area contributed by atoms with Gasteiger partial charge in [-0.15, -0.1) is 0 Å². The predicted octanol–water partition coefficient (Wildman–Crippen LogP) is 3.39. The lowest BCUT2D eigenvalue weighted by Gasteiger charge is -2.16. The molecule has 7 heteroatoms. The van der Waals surface area contributed by atoms with E-state index in [1.165, 1.54) is 0 Å².